The van der Waals surface area contributed by atoms with Crippen LogP contribution in [-0.4, -0.2) is 18.5 Å². The Kier molecular flexibility index (Phi) is 2.98. The Hall–Kier alpha value is 0.430. The Balaban J connectivity index is 2.22. The molecule has 1 aliphatic heterocycles. The van der Waals surface area contributed by atoms with Gasteiger partial charge in [-0.2, -0.15) is 0 Å². The highest BCUT2D eigenvalue weighted by atomic mass is 31.1. The van der Waals surface area contributed by atoms with Gasteiger partial charge in [-0.15, -0.1) is 7.92 Å². The van der Waals surface area contributed by atoms with Crippen LogP contribution in [0, 0.1) is 0 Å². The maximum absolute atomic E-state index is 2.47. The van der Waals surface area contributed by atoms with Gasteiger partial charge in [-0.1, -0.05) is 13.3 Å². The highest BCUT2D eigenvalue weighted by Crippen LogP contribution is 2.48. The molecule has 9 heavy (non-hydrogen) atoms. The molecule has 1 saturated heterocycles. The van der Waals surface area contributed by atoms with Crippen LogP contribution in [0.15, 0.2) is 0 Å². The molecule has 0 N–H and O–H groups in total. The first-order valence-electron chi connectivity index (χ1n) is 4.05. The molecule has 1 heteroatoms. The first-order chi connectivity index (χ1) is 4.34. The summed E-state index contributed by atoms with van der Waals surface area (Å²) in [6, 6.07) is 0. The number of rotatable bonds is 2. The SMILES string of the molecule is CCCC1CCCP1C. The molecule has 0 aromatic rings. The van der Waals surface area contributed by atoms with E-state index in [0.29, 0.717) is 7.92 Å². The van der Waals surface area contributed by atoms with E-state index in [1.807, 2.05) is 0 Å². The van der Waals surface area contributed by atoms with E-state index in [1.54, 1.807) is 6.16 Å². The van der Waals surface area contributed by atoms with Gasteiger partial charge in [0, 0.05) is 0 Å². The molecule has 0 spiro atoms. The average molecular weight is 144 g/mol. The first kappa shape index (κ1) is 7.54. The van der Waals surface area contributed by atoms with Crippen molar-refractivity contribution in [3.8, 4) is 0 Å². The monoisotopic (exact) mass is 144 g/mol. The van der Waals surface area contributed by atoms with Crippen molar-refractivity contribution in [3.05, 3.63) is 0 Å². The normalized spacial score (nSPS) is 35.3. The molecular weight excluding hydrogens is 127 g/mol. The lowest BCUT2D eigenvalue weighted by Gasteiger charge is -2.13. The molecule has 54 valence electrons. The van der Waals surface area contributed by atoms with E-state index in [2.05, 4.69) is 13.6 Å². The first-order valence-corrected chi connectivity index (χ1v) is 6.09. The molecule has 0 aromatic carbocycles. The fraction of sp³-hybridized carbons (Fsp3) is 1.00. The van der Waals surface area contributed by atoms with Crippen LogP contribution in [0.25, 0.3) is 0 Å². The van der Waals surface area contributed by atoms with E-state index < -0.39 is 0 Å². The quantitative estimate of drug-likeness (QED) is 0.522. The Bertz CT molecular complexity index is 80.6. The predicted molar refractivity (Wildman–Crippen MR) is 45.6 cm³/mol. The van der Waals surface area contributed by atoms with Crippen molar-refractivity contribution in [2.45, 2.75) is 38.3 Å². The zero-order chi connectivity index (χ0) is 6.69. The highest BCUT2D eigenvalue weighted by molar-refractivity contribution is 7.57. The lowest BCUT2D eigenvalue weighted by molar-refractivity contribution is 0.698. The van der Waals surface area contributed by atoms with Crippen molar-refractivity contribution in [2.75, 3.05) is 12.8 Å². The van der Waals surface area contributed by atoms with Crippen molar-refractivity contribution in [3.63, 3.8) is 0 Å². The summed E-state index contributed by atoms with van der Waals surface area (Å²) < 4.78 is 0. The smallest absolute Gasteiger partial charge is 0.0212 e. The zero-order valence-electron chi connectivity index (χ0n) is 6.56. The van der Waals surface area contributed by atoms with E-state index in [1.165, 1.54) is 25.7 Å². The standard InChI is InChI=1S/C8H17P/c1-3-5-8-6-4-7-9(8)2/h8H,3-7H2,1-2H3. The van der Waals surface area contributed by atoms with Crippen LogP contribution < -0.4 is 0 Å². The zero-order valence-corrected chi connectivity index (χ0v) is 7.45. The molecule has 0 nitrogen and oxygen atoms in total. The Morgan fingerprint density at radius 2 is 2.33 bits per heavy atom. The van der Waals surface area contributed by atoms with Crippen LogP contribution in [0.5, 0.6) is 0 Å². The summed E-state index contributed by atoms with van der Waals surface area (Å²) >= 11 is 0. The van der Waals surface area contributed by atoms with Crippen LogP contribution in [0.4, 0.5) is 0 Å². The third-order valence-corrected chi connectivity index (χ3v) is 5.08. The maximum Gasteiger partial charge on any atom is -0.0212 e. The number of hydrogen-bond acceptors (Lipinski definition) is 0. The van der Waals surface area contributed by atoms with E-state index in [-0.39, 0.29) is 0 Å². The summed E-state index contributed by atoms with van der Waals surface area (Å²) in [5.74, 6) is 0. The molecule has 0 amide bonds. The summed E-state index contributed by atoms with van der Waals surface area (Å²) in [4.78, 5) is 0. The second kappa shape index (κ2) is 3.56. The van der Waals surface area contributed by atoms with Gasteiger partial charge in [-0.25, -0.2) is 0 Å². The van der Waals surface area contributed by atoms with Crippen molar-refractivity contribution < 1.29 is 0 Å². The number of hydrogen-bond donors (Lipinski definition) is 0. The average Bonchev–Trinajstić information content (AvgIpc) is 2.18. The van der Waals surface area contributed by atoms with Crippen molar-refractivity contribution in [1.29, 1.82) is 0 Å². The van der Waals surface area contributed by atoms with Gasteiger partial charge in [0.15, 0.2) is 0 Å². The summed E-state index contributed by atoms with van der Waals surface area (Å²) in [6.45, 7) is 4.78. The molecule has 1 rings (SSSR count). The van der Waals surface area contributed by atoms with Gasteiger partial charge in [0.1, 0.15) is 0 Å². The summed E-state index contributed by atoms with van der Waals surface area (Å²) in [6.07, 6.45) is 7.52. The van der Waals surface area contributed by atoms with Gasteiger partial charge in [0.05, 0.1) is 0 Å². The van der Waals surface area contributed by atoms with Gasteiger partial charge in [0.2, 0.25) is 0 Å². The van der Waals surface area contributed by atoms with Crippen LogP contribution in [0.2, 0.25) is 0 Å². The van der Waals surface area contributed by atoms with Crippen molar-refractivity contribution >= 4 is 7.92 Å². The fourth-order valence-electron chi connectivity index (χ4n) is 1.68. The van der Waals surface area contributed by atoms with E-state index in [9.17, 15) is 0 Å². The fourth-order valence-corrected chi connectivity index (χ4v) is 4.05. The Morgan fingerprint density at radius 1 is 1.56 bits per heavy atom. The highest BCUT2D eigenvalue weighted by Gasteiger charge is 2.20. The molecule has 0 saturated carbocycles. The summed E-state index contributed by atoms with van der Waals surface area (Å²) in [7, 11) is 0.466. The van der Waals surface area contributed by atoms with Crippen molar-refractivity contribution in [1.82, 2.24) is 0 Å². The molecule has 1 fully saturated rings. The van der Waals surface area contributed by atoms with Crippen LogP contribution in [0.1, 0.15) is 32.6 Å². The lowest BCUT2D eigenvalue weighted by Crippen LogP contribution is -1.96. The molecular formula is C8H17P. The molecule has 1 aliphatic rings. The third-order valence-electron chi connectivity index (χ3n) is 2.29. The van der Waals surface area contributed by atoms with E-state index >= 15 is 0 Å². The van der Waals surface area contributed by atoms with Gasteiger partial charge in [0.25, 0.3) is 0 Å². The van der Waals surface area contributed by atoms with E-state index in [4.69, 9.17) is 0 Å². The van der Waals surface area contributed by atoms with Gasteiger partial charge in [-0.3, -0.25) is 0 Å². The summed E-state index contributed by atoms with van der Waals surface area (Å²) in [5.41, 5.74) is 1.14. The maximum atomic E-state index is 2.47. The molecule has 2 unspecified atom stereocenters. The lowest BCUT2D eigenvalue weighted by atomic mass is 10.2. The largest absolute Gasteiger partial charge is 0.107 e. The predicted octanol–water partition coefficient (Wildman–Crippen LogP) is 3.06. The topological polar surface area (TPSA) is 0 Å². The minimum absolute atomic E-state index is 0.466. The van der Waals surface area contributed by atoms with Crippen LogP contribution in [0.3, 0.4) is 0 Å². The van der Waals surface area contributed by atoms with Crippen molar-refractivity contribution in [2.24, 2.45) is 0 Å². The molecule has 0 aliphatic carbocycles. The molecule has 2 atom stereocenters. The Morgan fingerprint density at radius 3 is 2.78 bits per heavy atom. The van der Waals surface area contributed by atoms with Crippen LogP contribution in [-0.2, 0) is 0 Å². The van der Waals surface area contributed by atoms with E-state index in [0.717, 1.165) is 5.66 Å². The van der Waals surface area contributed by atoms with Crippen LogP contribution >= 0.6 is 7.92 Å². The Labute approximate surface area is 59.8 Å². The van der Waals surface area contributed by atoms with Gasteiger partial charge < -0.3 is 0 Å². The second-order valence-corrected chi connectivity index (χ2v) is 5.76. The third kappa shape index (κ3) is 1.93. The second-order valence-electron chi connectivity index (χ2n) is 3.07. The molecule has 0 aromatic heterocycles. The minimum Gasteiger partial charge on any atom is -0.107 e. The van der Waals surface area contributed by atoms with Gasteiger partial charge >= 0.3 is 0 Å². The van der Waals surface area contributed by atoms with Gasteiger partial charge in [-0.05, 0) is 37.7 Å². The molecule has 1 heterocycles. The molecule has 0 bridgehead atoms. The minimum atomic E-state index is 0.466. The molecule has 0 radical (unpaired) electrons. The summed E-state index contributed by atoms with van der Waals surface area (Å²) in [5, 5.41) is 0.